The zero-order valence-corrected chi connectivity index (χ0v) is 11.1. The Morgan fingerprint density at radius 3 is 2.79 bits per heavy atom. The molecule has 104 valence electrons. The summed E-state index contributed by atoms with van der Waals surface area (Å²) in [6, 6.07) is -0.193. The van der Waals surface area contributed by atoms with E-state index in [4.69, 9.17) is 5.11 Å². The summed E-state index contributed by atoms with van der Waals surface area (Å²) in [5.74, 6) is -1.07. The number of nitrogens with one attached hydrogen (secondary N) is 1. The summed E-state index contributed by atoms with van der Waals surface area (Å²) in [5.41, 5.74) is 0.893. The standard InChI is InChI=1S/C12H18N4O3/c1-9(2)6-15(3)12(19)13-4-5-16-7-10(11(17)18)14-8-16/h7-8H,1,4-6H2,2-3H3,(H,13,19)(H,17,18). The fourth-order valence-electron chi connectivity index (χ4n) is 1.50. The van der Waals surface area contributed by atoms with Crippen LogP contribution in [0.4, 0.5) is 4.79 Å². The molecule has 7 nitrogen and oxygen atoms in total. The first-order valence-electron chi connectivity index (χ1n) is 5.78. The van der Waals surface area contributed by atoms with Crippen LogP contribution in [0.5, 0.6) is 0 Å². The molecule has 1 aromatic rings. The van der Waals surface area contributed by atoms with Crippen molar-refractivity contribution in [1.82, 2.24) is 19.8 Å². The van der Waals surface area contributed by atoms with E-state index in [-0.39, 0.29) is 11.7 Å². The van der Waals surface area contributed by atoms with Crippen LogP contribution in [-0.4, -0.2) is 51.7 Å². The van der Waals surface area contributed by atoms with Gasteiger partial charge in [0.1, 0.15) is 0 Å². The number of carbonyl (C=O) groups is 2. The van der Waals surface area contributed by atoms with Crippen molar-refractivity contribution in [3.8, 4) is 0 Å². The minimum absolute atomic E-state index is 0.00859. The van der Waals surface area contributed by atoms with E-state index in [0.29, 0.717) is 19.6 Å². The molecule has 0 atom stereocenters. The normalized spacial score (nSPS) is 10.0. The summed E-state index contributed by atoms with van der Waals surface area (Å²) in [7, 11) is 1.68. The first-order chi connectivity index (χ1) is 8.90. The van der Waals surface area contributed by atoms with Crippen LogP contribution in [0.2, 0.25) is 0 Å². The van der Waals surface area contributed by atoms with Crippen LogP contribution in [0.3, 0.4) is 0 Å². The van der Waals surface area contributed by atoms with Crippen molar-refractivity contribution in [3.05, 3.63) is 30.4 Å². The predicted molar refractivity (Wildman–Crippen MR) is 70.0 cm³/mol. The van der Waals surface area contributed by atoms with Gasteiger partial charge in [0, 0.05) is 32.9 Å². The fourth-order valence-corrected chi connectivity index (χ4v) is 1.50. The number of urea groups is 1. The van der Waals surface area contributed by atoms with Gasteiger partial charge in [-0.3, -0.25) is 0 Å². The van der Waals surface area contributed by atoms with E-state index in [1.165, 1.54) is 17.4 Å². The molecule has 0 aliphatic carbocycles. The molecule has 7 heteroatoms. The molecule has 0 saturated heterocycles. The Balaban J connectivity index is 2.35. The maximum absolute atomic E-state index is 11.6. The van der Waals surface area contributed by atoms with Crippen LogP contribution in [0.25, 0.3) is 0 Å². The molecule has 19 heavy (non-hydrogen) atoms. The Bertz CT molecular complexity index is 481. The van der Waals surface area contributed by atoms with Crippen molar-refractivity contribution in [2.75, 3.05) is 20.1 Å². The van der Waals surface area contributed by atoms with Crippen molar-refractivity contribution in [2.45, 2.75) is 13.5 Å². The van der Waals surface area contributed by atoms with E-state index >= 15 is 0 Å². The average molecular weight is 266 g/mol. The second kappa shape index (κ2) is 6.58. The number of likely N-dealkylation sites (N-methyl/N-ethyl adjacent to an activating group) is 1. The van der Waals surface area contributed by atoms with E-state index in [9.17, 15) is 9.59 Å². The van der Waals surface area contributed by atoms with Gasteiger partial charge >= 0.3 is 12.0 Å². The zero-order valence-electron chi connectivity index (χ0n) is 11.1. The van der Waals surface area contributed by atoms with Gasteiger partial charge in [-0.2, -0.15) is 0 Å². The number of carboxylic acid groups (broad SMARTS) is 1. The monoisotopic (exact) mass is 266 g/mol. The Morgan fingerprint density at radius 2 is 2.26 bits per heavy atom. The number of imidazole rings is 1. The Labute approximate surface area is 111 Å². The Morgan fingerprint density at radius 1 is 1.58 bits per heavy atom. The van der Waals surface area contributed by atoms with Crippen molar-refractivity contribution < 1.29 is 14.7 Å². The minimum atomic E-state index is -1.07. The van der Waals surface area contributed by atoms with Gasteiger partial charge in [0.2, 0.25) is 0 Å². The fraction of sp³-hybridized carbons (Fsp3) is 0.417. The summed E-state index contributed by atoms with van der Waals surface area (Å²) in [6.45, 7) is 6.95. The lowest BCUT2D eigenvalue weighted by Crippen LogP contribution is -2.39. The van der Waals surface area contributed by atoms with E-state index in [2.05, 4.69) is 16.9 Å². The molecule has 1 heterocycles. The number of rotatable bonds is 6. The van der Waals surface area contributed by atoms with Crippen LogP contribution in [0.1, 0.15) is 17.4 Å². The van der Waals surface area contributed by atoms with Gasteiger partial charge in [0.05, 0.1) is 6.33 Å². The van der Waals surface area contributed by atoms with Gasteiger partial charge in [-0.25, -0.2) is 14.6 Å². The topological polar surface area (TPSA) is 87.5 Å². The highest BCUT2D eigenvalue weighted by atomic mass is 16.4. The van der Waals surface area contributed by atoms with Gasteiger partial charge in [0.25, 0.3) is 0 Å². The van der Waals surface area contributed by atoms with E-state index in [1.807, 2.05) is 6.92 Å². The predicted octanol–water partition coefficient (Wildman–Crippen LogP) is 0.799. The minimum Gasteiger partial charge on any atom is -0.476 e. The third-order valence-corrected chi connectivity index (χ3v) is 2.35. The third kappa shape index (κ3) is 4.82. The molecule has 2 amide bonds. The first-order valence-corrected chi connectivity index (χ1v) is 5.78. The molecule has 1 aromatic heterocycles. The third-order valence-electron chi connectivity index (χ3n) is 2.35. The molecule has 0 spiro atoms. The summed E-state index contributed by atoms with van der Waals surface area (Å²) in [4.78, 5) is 27.5. The van der Waals surface area contributed by atoms with E-state index in [0.717, 1.165) is 5.57 Å². The molecule has 2 N–H and O–H groups in total. The largest absolute Gasteiger partial charge is 0.476 e. The highest BCUT2D eigenvalue weighted by molar-refractivity contribution is 5.84. The quantitative estimate of drug-likeness (QED) is 0.745. The molecular weight excluding hydrogens is 248 g/mol. The van der Waals surface area contributed by atoms with Crippen molar-refractivity contribution in [1.29, 1.82) is 0 Å². The SMILES string of the molecule is C=C(C)CN(C)C(=O)NCCn1cnc(C(=O)O)c1. The molecule has 0 saturated carbocycles. The van der Waals surface area contributed by atoms with E-state index < -0.39 is 5.97 Å². The van der Waals surface area contributed by atoms with Crippen LogP contribution in [0, 0.1) is 0 Å². The van der Waals surface area contributed by atoms with Crippen LogP contribution in [-0.2, 0) is 6.54 Å². The zero-order chi connectivity index (χ0) is 14.4. The maximum atomic E-state index is 11.6. The number of amides is 2. The Hall–Kier alpha value is -2.31. The molecule has 0 bridgehead atoms. The van der Waals surface area contributed by atoms with Crippen molar-refractivity contribution >= 4 is 12.0 Å². The molecule has 0 fully saturated rings. The lowest BCUT2D eigenvalue weighted by molar-refractivity contribution is 0.0691. The average Bonchev–Trinajstić information content (AvgIpc) is 2.76. The number of carbonyl (C=O) groups excluding carboxylic acids is 1. The van der Waals surface area contributed by atoms with Crippen LogP contribution < -0.4 is 5.32 Å². The smallest absolute Gasteiger partial charge is 0.356 e. The molecule has 1 rings (SSSR count). The summed E-state index contributed by atoms with van der Waals surface area (Å²) in [6.07, 6.45) is 2.85. The lowest BCUT2D eigenvalue weighted by Gasteiger charge is -2.17. The molecule has 0 aliphatic heterocycles. The Kier molecular flexibility index (Phi) is 5.11. The van der Waals surface area contributed by atoms with Crippen LogP contribution in [0.15, 0.2) is 24.7 Å². The van der Waals surface area contributed by atoms with Crippen molar-refractivity contribution in [2.24, 2.45) is 0 Å². The number of carboxylic acids is 1. The van der Waals surface area contributed by atoms with E-state index in [1.54, 1.807) is 11.6 Å². The van der Waals surface area contributed by atoms with Crippen LogP contribution >= 0.6 is 0 Å². The van der Waals surface area contributed by atoms with Gasteiger partial charge < -0.3 is 19.9 Å². The number of hydrogen-bond donors (Lipinski definition) is 2. The number of nitrogens with zero attached hydrogens (tertiary/aromatic N) is 3. The molecule has 0 radical (unpaired) electrons. The summed E-state index contributed by atoms with van der Waals surface area (Å²) in [5, 5.41) is 11.4. The highest BCUT2D eigenvalue weighted by Crippen LogP contribution is 1.96. The second-order valence-corrected chi connectivity index (χ2v) is 4.35. The van der Waals surface area contributed by atoms with Gasteiger partial charge in [0.15, 0.2) is 5.69 Å². The molecule has 0 aromatic carbocycles. The van der Waals surface area contributed by atoms with Crippen molar-refractivity contribution in [3.63, 3.8) is 0 Å². The van der Waals surface area contributed by atoms with Gasteiger partial charge in [-0.05, 0) is 6.92 Å². The highest BCUT2D eigenvalue weighted by Gasteiger charge is 2.08. The molecular formula is C12H18N4O3. The van der Waals surface area contributed by atoms with Gasteiger partial charge in [-0.15, -0.1) is 0 Å². The number of hydrogen-bond acceptors (Lipinski definition) is 3. The first kappa shape index (κ1) is 14.7. The molecule has 0 unspecified atom stereocenters. The maximum Gasteiger partial charge on any atom is 0.356 e. The number of aromatic nitrogens is 2. The summed E-state index contributed by atoms with van der Waals surface area (Å²) >= 11 is 0. The number of aromatic carboxylic acids is 1. The van der Waals surface area contributed by atoms with Gasteiger partial charge in [-0.1, -0.05) is 12.2 Å². The summed E-state index contributed by atoms with van der Waals surface area (Å²) < 4.78 is 1.61. The lowest BCUT2D eigenvalue weighted by atomic mass is 10.3. The second-order valence-electron chi connectivity index (χ2n) is 4.35. The molecule has 0 aliphatic rings.